The Morgan fingerprint density at radius 1 is 1.00 bits per heavy atom. The van der Waals surface area contributed by atoms with Crippen LogP contribution in [0.25, 0.3) is 0 Å². The summed E-state index contributed by atoms with van der Waals surface area (Å²) in [5.41, 5.74) is 4.97. The average Bonchev–Trinajstić information content (AvgIpc) is 3.63. The van der Waals surface area contributed by atoms with E-state index in [1.165, 1.54) is 29.7 Å². The van der Waals surface area contributed by atoms with Crippen molar-refractivity contribution in [2.75, 3.05) is 29.4 Å². The smallest absolute Gasteiger partial charge is 0.268 e. The van der Waals surface area contributed by atoms with E-state index in [0.717, 1.165) is 49.7 Å². The summed E-state index contributed by atoms with van der Waals surface area (Å²) in [6.07, 6.45) is 5.01. The summed E-state index contributed by atoms with van der Waals surface area (Å²) in [6.45, 7) is 13.4. The van der Waals surface area contributed by atoms with Crippen LogP contribution in [0.4, 0.5) is 11.4 Å². The van der Waals surface area contributed by atoms with E-state index in [1.807, 2.05) is 30.9 Å². The lowest BCUT2D eigenvalue weighted by Gasteiger charge is -2.27. The maximum Gasteiger partial charge on any atom is 0.268 e. The summed E-state index contributed by atoms with van der Waals surface area (Å²) >= 11 is 0. The molecule has 0 bridgehead atoms. The number of benzene rings is 2. The van der Waals surface area contributed by atoms with Gasteiger partial charge in [-0.25, -0.2) is 0 Å². The van der Waals surface area contributed by atoms with Crippen LogP contribution in [0.15, 0.2) is 42.5 Å². The molecule has 1 atom stereocenters. The molecule has 174 valence electrons. The van der Waals surface area contributed by atoms with Crippen molar-refractivity contribution in [3.8, 4) is 5.75 Å². The molecule has 1 amide bonds. The van der Waals surface area contributed by atoms with Crippen LogP contribution in [-0.2, 0) is 11.2 Å². The molecule has 2 aliphatic rings. The van der Waals surface area contributed by atoms with E-state index >= 15 is 0 Å². The highest BCUT2D eigenvalue weighted by atomic mass is 16.5. The SMILES string of the molecule is CC.CCCN(CC)c1ccc(N2CCC(Oc3ccc(C4CC4)cc3)C2=O)cc1CC. The van der Waals surface area contributed by atoms with E-state index in [-0.39, 0.29) is 5.91 Å². The molecule has 1 aliphatic carbocycles. The fraction of sp³-hybridized carbons (Fsp3) is 0.536. The minimum atomic E-state index is -0.395. The summed E-state index contributed by atoms with van der Waals surface area (Å²) < 4.78 is 6.06. The first-order valence-electron chi connectivity index (χ1n) is 12.6. The predicted molar refractivity (Wildman–Crippen MR) is 135 cm³/mol. The van der Waals surface area contributed by atoms with Gasteiger partial charge >= 0.3 is 0 Å². The van der Waals surface area contributed by atoms with Crippen LogP contribution in [0.5, 0.6) is 5.75 Å². The highest BCUT2D eigenvalue weighted by molar-refractivity contribution is 5.99. The van der Waals surface area contributed by atoms with E-state index in [4.69, 9.17) is 4.74 Å². The van der Waals surface area contributed by atoms with E-state index in [0.29, 0.717) is 6.54 Å². The number of ether oxygens (including phenoxy) is 1. The van der Waals surface area contributed by atoms with E-state index in [1.54, 1.807) is 0 Å². The van der Waals surface area contributed by atoms with Crippen LogP contribution < -0.4 is 14.5 Å². The largest absolute Gasteiger partial charge is 0.481 e. The second-order valence-electron chi connectivity index (χ2n) is 8.47. The Morgan fingerprint density at radius 2 is 1.72 bits per heavy atom. The lowest BCUT2D eigenvalue weighted by atomic mass is 10.1. The fourth-order valence-corrected chi connectivity index (χ4v) is 4.47. The first-order chi connectivity index (χ1) is 15.6. The molecular formula is C28H40N2O2. The number of nitrogens with zero attached hydrogens (tertiary/aromatic N) is 2. The van der Waals surface area contributed by atoms with E-state index < -0.39 is 6.10 Å². The molecule has 2 fully saturated rings. The zero-order chi connectivity index (χ0) is 23.1. The maximum absolute atomic E-state index is 13.1. The Morgan fingerprint density at radius 3 is 2.31 bits per heavy atom. The lowest BCUT2D eigenvalue weighted by molar-refractivity contribution is -0.122. The number of hydrogen-bond donors (Lipinski definition) is 0. The molecule has 4 heteroatoms. The Bertz CT molecular complexity index is 874. The molecule has 1 saturated heterocycles. The van der Waals surface area contributed by atoms with Gasteiger partial charge in [0.2, 0.25) is 0 Å². The van der Waals surface area contributed by atoms with E-state index in [2.05, 4.69) is 56.0 Å². The summed E-state index contributed by atoms with van der Waals surface area (Å²) in [5.74, 6) is 1.60. The van der Waals surface area contributed by atoms with Gasteiger partial charge in [0.1, 0.15) is 5.75 Å². The van der Waals surface area contributed by atoms with Crippen molar-refractivity contribution < 1.29 is 9.53 Å². The monoisotopic (exact) mass is 436 g/mol. The Hall–Kier alpha value is -2.49. The second kappa shape index (κ2) is 11.4. The zero-order valence-corrected chi connectivity index (χ0v) is 20.6. The predicted octanol–water partition coefficient (Wildman–Crippen LogP) is 6.57. The van der Waals surface area contributed by atoms with Crippen LogP contribution in [0, 0.1) is 0 Å². The molecule has 2 aromatic rings. The number of anilines is 2. The normalized spacial score (nSPS) is 17.7. The number of carbonyl (C=O) groups excluding carboxylic acids is 1. The van der Waals surface area contributed by atoms with Gasteiger partial charge in [-0.05, 0) is 80.0 Å². The summed E-state index contributed by atoms with van der Waals surface area (Å²) in [4.78, 5) is 17.4. The van der Waals surface area contributed by atoms with Crippen molar-refractivity contribution in [3.63, 3.8) is 0 Å². The van der Waals surface area contributed by atoms with Gasteiger partial charge in [-0.3, -0.25) is 4.79 Å². The van der Waals surface area contributed by atoms with Crippen molar-refractivity contribution in [1.82, 2.24) is 0 Å². The Balaban J connectivity index is 0.00000141. The molecule has 0 spiro atoms. The summed E-state index contributed by atoms with van der Waals surface area (Å²) in [5, 5.41) is 0. The molecule has 1 saturated carbocycles. The molecule has 1 unspecified atom stereocenters. The number of carbonyl (C=O) groups is 1. The van der Waals surface area contributed by atoms with Gasteiger partial charge < -0.3 is 14.5 Å². The molecule has 1 heterocycles. The zero-order valence-electron chi connectivity index (χ0n) is 20.6. The van der Waals surface area contributed by atoms with Crippen LogP contribution in [0.2, 0.25) is 0 Å². The van der Waals surface area contributed by atoms with Gasteiger partial charge in [0.15, 0.2) is 6.10 Å². The van der Waals surface area contributed by atoms with Gasteiger partial charge in [-0.2, -0.15) is 0 Å². The van der Waals surface area contributed by atoms with Crippen LogP contribution in [0.1, 0.15) is 77.3 Å². The second-order valence-corrected chi connectivity index (χ2v) is 8.47. The molecule has 4 rings (SSSR count). The fourth-order valence-electron chi connectivity index (χ4n) is 4.47. The van der Waals surface area contributed by atoms with Crippen molar-refractivity contribution in [3.05, 3.63) is 53.6 Å². The topological polar surface area (TPSA) is 32.8 Å². The standard InChI is InChI=1S/C26H34N2O2.C2H6/c1-4-16-27(6-3)24-14-11-22(18-19(24)5-2)28-17-15-25(26(28)29)30-23-12-9-21(10-13-23)20-7-8-20;1-2/h9-14,18,20,25H,4-8,15-17H2,1-3H3;1-2H3. The number of rotatable bonds is 9. The quantitative estimate of drug-likeness (QED) is 0.445. The lowest BCUT2D eigenvalue weighted by Crippen LogP contribution is -2.32. The van der Waals surface area contributed by atoms with Gasteiger partial charge in [-0.15, -0.1) is 0 Å². The molecule has 0 N–H and O–H groups in total. The van der Waals surface area contributed by atoms with Crippen LogP contribution in [-0.4, -0.2) is 31.6 Å². The molecular weight excluding hydrogens is 396 g/mol. The Labute approximate surface area is 194 Å². The number of amides is 1. The number of aryl methyl sites for hydroxylation is 1. The minimum absolute atomic E-state index is 0.0666. The minimum Gasteiger partial charge on any atom is -0.481 e. The molecule has 32 heavy (non-hydrogen) atoms. The Kier molecular flexibility index (Phi) is 8.60. The van der Waals surface area contributed by atoms with Crippen molar-refractivity contribution >= 4 is 17.3 Å². The van der Waals surface area contributed by atoms with Crippen molar-refractivity contribution in [2.24, 2.45) is 0 Å². The highest BCUT2D eigenvalue weighted by Crippen LogP contribution is 2.40. The van der Waals surface area contributed by atoms with E-state index in [9.17, 15) is 4.79 Å². The third kappa shape index (κ3) is 5.46. The molecule has 0 aromatic heterocycles. The van der Waals surface area contributed by atoms with Crippen LogP contribution >= 0.6 is 0 Å². The third-order valence-electron chi connectivity index (χ3n) is 6.34. The first-order valence-corrected chi connectivity index (χ1v) is 12.6. The van der Waals surface area contributed by atoms with Gasteiger partial charge in [0.25, 0.3) is 5.91 Å². The highest BCUT2D eigenvalue weighted by Gasteiger charge is 2.34. The molecule has 1 aliphatic heterocycles. The van der Waals surface area contributed by atoms with Crippen LogP contribution in [0.3, 0.4) is 0 Å². The average molecular weight is 437 g/mol. The molecule has 0 radical (unpaired) electrons. The summed E-state index contributed by atoms with van der Waals surface area (Å²) in [7, 11) is 0. The third-order valence-corrected chi connectivity index (χ3v) is 6.34. The van der Waals surface area contributed by atoms with Crippen molar-refractivity contribution in [1.29, 1.82) is 0 Å². The van der Waals surface area contributed by atoms with Gasteiger partial charge in [0, 0.05) is 37.4 Å². The molecule has 2 aromatic carbocycles. The maximum atomic E-state index is 13.1. The van der Waals surface area contributed by atoms with Crippen molar-refractivity contribution in [2.45, 2.75) is 78.7 Å². The van der Waals surface area contributed by atoms with Gasteiger partial charge in [-0.1, -0.05) is 39.8 Å². The van der Waals surface area contributed by atoms with Gasteiger partial charge in [0.05, 0.1) is 0 Å². The summed E-state index contributed by atoms with van der Waals surface area (Å²) in [6, 6.07) is 14.8. The molecule has 4 nitrogen and oxygen atoms in total. The first kappa shape index (κ1) is 24.2. The number of hydrogen-bond acceptors (Lipinski definition) is 3.